The van der Waals surface area contributed by atoms with Gasteiger partial charge < -0.3 is 15.4 Å². The van der Waals surface area contributed by atoms with Crippen molar-refractivity contribution in [2.24, 2.45) is 0 Å². The SMILES string of the molecule is CCNc1ccc(C(c2ccc(NC(=O)c3ccc(Oc4ccc(C(C)=O)cc4)cc3)cc2)C(F)(F)F)cc1. The van der Waals surface area contributed by atoms with E-state index in [1.807, 2.05) is 6.92 Å². The van der Waals surface area contributed by atoms with Crippen LogP contribution in [0, 0.1) is 0 Å². The average molecular weight is 533 g/mol. The van der Waals surface area contributed by atoms with E-state index < -0.39 is 18.0 Å². The highest BCUT2D eigenvalue weighted by molar-refractivity contribution is 6.04. The van der Waals surface area contributed by atoms with Crippen molar-refractivity contribution in [3.63, 3.8) is 0 Å². The zero-order valence-electron chi connectivity index (χ0n) is 21.4. The number of ketones is 1. The molecule has 8 heteroatoms. The number of benzene rings is 4. The number of Topliss-reactive ketones (excluding diaryl/α,β-unsaturated/α-hetero) is 1. The minimum atomic E-state index is -4.48. The largest absolute Gasteiger partial charge is 0.457 e. The highest BCUT2D eigenvalue weighted by Crippen LogP contribution is 2.40. The molecule has 1 unspecified atom stereocenters. The molecule has 4 aromatic rings. The molecule has 2 N–H and O–H groups in total. The second-order valence-electron chi connectivity index (χ2n) is 8.91. The summed E-state index contributed by atoms with van der Waals surface area (Å²) in [5, 5.41) is 5.78. The highest BCUT2D eigenvalue weighted by atomic mass is 19.4. The predicted molar refractivity (Wildman–Crippen MR) is 146 cm³/mol. The van der Waals surface area contributed by atoms with Crippen LogP contribution in [0.2, 0.25) is 0 Å². The summed E-state index contributed by atoms with van der Waals surface area (Å²) in [6.45, 7) is 4.07. The van der Waals surface area contributed by atoms with Crippen LogP contribution in [0.5, 0.6) is 11.5 Å². The zero-order valence-corrected chi connectivity index (χ0v) is 21.4. The van der Waals surface area contributed by atoms with Gasteiger partial charge in [-0.1, -0.05) is 24.3 Å². The molecule has 0 aliphatic rings. The van der Waals surface area contributed by atoms with Crippen LogP contribution in [0.4, 0.5) is 24.5 Å². The van der Waals surface area contributed by atoms with Gasteiger partial charge in [-0.3, -0.25) is 9.59 Å². The molecule has 0 spiro atoms. The van der Waals surface area contributed by atoms with Crippen LogP contribution >= 0.6 is 0 Å². The van der Waals surface area contributed by atoms with E-state index in [-0.39, 0.29) is 16.9 Å². The van der Waals surface area contributed by atoms with Crippen LogP contribution in [0.3, 0.4) is 0 Å². The lowest BCUT2D eigenvalue weighted by molar-refractivity contribution is -0.141. The number of amides is 1. The van der Waals surface area contributed by atoms with Gasteiger partial charge in [0.25, 0.3) is 5.91 Å². The molecular weight excluding hydrogens is 505 g/mol. The molecule has 39 heavy (non-hydrogen) atoms. The van der Waals surface area contributed by atoms with Gasteiger partial charge in [0.1, 0.15) is 17.4 Å². The molecule has 0 heterocycles. The Morgan fingerprint density at radius 3 is 1.62 bits per heavy atom. The molecule has 1 atom stereocenters. The summed E-state index contributed by atoms with van der Waals surface area (Å²) in [7, 11) is 0. The molecule has 0 fully saturated rings. The van der Waals surface area contributed by atoms with E-state index in [0.717, 1.165) is 5.69 Å². The monoisotopic (exact) mass is 532 g/mol. The first kappa shape index (κ1) is 27.4. The van der Waals surface area contributed by atoms with Crippen molar-refractivity contribution in [3.05, 3.63) is 119 Å². The minimum Gasteiger partial charge on any atom is -0.457 e. The van der Waals surface area contributed by atoms with Gasteiger partial charge in [-0.2, -0.15) is 13.2 Å². The van der Waals surface area contributed by atoms with E-state index in [2.05, 4.69) is 10.6 Å². The first-order valence-electron chi connectivity index (χ1n) is 12.3. The van der Waals surface area contributed by atoms with Crippen molar-refractivity contribution >= 4 is 23.1 Å². The third-order valence-corrected chi connectivity index (χ3v) is 6.07. The van der Waals surface area contributed by atoms with E-state index >= 15 is 0 Å². The van der Waals surface area contributed by atoms with Gasteiger partial charge in [0.05, 0.1) is 0 Å². The van der Waals surface area contributed by atoms with Gasteiger partial charge in [0, 0.05) is 29.0 Å². The van der Waals surface area contributed by atoms with Gasteiger partial charge in [-0.15, -0.1) is 0 Å². The fourth-order valence-electron chi connectivity index (χ4n) is 4.10. The number of halogens is 3. The highest BCUT2D eigenvalue weighted by Gasteiger charge is 2.41. The number of carbonyl (C=O) groups excluding carboxylic acids is 2. The maximum Gasteiger partial charge on any atom is 0.399 e. The molecule has 0 aliphatic heterocycles. The number of carbonyl (C=O) groups is 2. The van der Waals surface area contributed by atoms with Gasteiger partial charge in [-0.25, -0.2) is 0 Å². The molecular formula is C31H27F3N2O3. The van der Waals surface area contributed by atoms with Crippen molar-refractivity contribution < 1.29 is 27.5 Å². The molecule has 0 aromatic heterocycles. The number of rotatable bonds is 9. The molecule has 1 amide bonds. The molecule has 0 saturated heterocycles. The number of hydrogen-bond donors (Lipinski definition) is 2. The number of nitrogens with one attached hydrogen (secondary N) is 2. The topological polar surface area (TPSA) is 67.4 Å². The minimum absolute atomic E-state index is 0.0402. The summed E-state index contributed by atoms with van der Waals surface area (Å²) in [4.78, 5) is 24.1. The standard InChI is InChI=1S/C31H27F3N2O3/c1-3-35-25-12-4-22(5-13-25)29(31(32,33)34)23-6-14-26(15-7-23)36-30(38)24-10-18-28(19-11-24)39-27-16-8-21(9-17-27)20(2)37/h4-19,29,35H,3H2,1-2H3,(H,36,38). The summed E-state index contributed by atoms with van der Waals surface area (Å²) >= 11 is 0. The third-order valence-electron chi connectivity index (χ3n) is 6.07. The Balaban J connectivity index is 1.42. The second kappa shape index (κ2) is 11.9. The van der Waals surface area contributed by atoms with Gasteiger partial charge in [0.15, 0.2) is 5.78 Å². The van der Waals surface area contributed by atoms with E-state index in [9.17, 15) is 22.8 Å². The van der Waals surface area contributed by atoms with E-state index in [1.165, 1.54) is 43.3 Å². The van der Waals surface area contributed by atoms with Crippen LogP contribution in [-0.2, 0) is 0 Å². The Kier molecular flexibility index (Phi) is 8.34. The zero-order chi connectivity index (χ0) is 28.0. The average Bonchev–Trinajstić information content (AvgIpc) is 2.91. The van der Waals surface area contributed by atoms with Crippen LogP contribution < -0.4 is 15.4 Å². The lowest BCUT2D eigenvalue weighted by Gasteiger charge is -2.22. The Morgan fingerprint density at radius 1 is 0.718 bits per heavy atom. The predicted octanol–water partition coefficient (Wildman–Crippen LogP) is 8.06. The van der Waals surface area contributed by atoms with Gasteiger partial charge in [-0.05, 0) is 97.8 Å². The molecule has 4 rings (SSSR count). The quantitative estimate of drug-likeness (QED) is 0.214. The first-order valence-corrected chi connectivity index (χ1v) is 12.3. The number of alkyl halides is 3. The first-order chi connectivity index (χ1) is 18.6. The van der Waals surface area contributed by atoms with Crippen LogP contribution in [-0.4, -0.2) is 24.4 Å². The Morgan fingerprint density at radius 2 is 1.18 bits per heavy atom. The van der Waals surface area contributed by atoms with Crippen molar-refractivity contribution in [1.29, 1.82) is 0 Å². The molecule has 0 radical (unpaired) electrons. The molecule has 5 nitrogen and oxygen atoms in total. The fraction of sp³-hybridized carbons (Fsp3) is 0.161. The van der Waals surface area contributed by atoms with Crippen LogP contribution in [0.1, 0.15) is 51.6 Å². The Bertz CT molecular complexity index is 1410. The molecule has 0 saturated carbocycles. The summed E-state index contributed by atoms with van der Waals surface area (Å²) in [6.07, 6.45) is -4.48. The van der Waals surface area contributed by atoms with E-state index in [1.54, 1.807) is 60.7 Å². The van der Waals surface area contributed by atoms with Crippen molar-refractivity contribution in [3.8, 4) is 11.5 Å². The fourth-order valence-corrected chi connectivity index (χ4v) is 4.10. The lowest BCUT2D eigenvalue weighted by atomic mass is 9.90. The van der Waals surface area contributed by atoms with Crippen molar-refractivity contribution in [1.82, 2.24) is 0 Å². The van der Waals surface area contributed by atoms with Gasteiger partial charge >= 0.3 is 6.18 Å². The second-order valence-corrected chi connectivity index (χ2v) is 8.91. The number of hydrogen-bond acceptors (Lipinski definition) is 4. The Labute approximate surface area is 224 Å². The number of anilines is 2. The van der Waals surface area contributed by atoms with Crippen molar-refractivity contribution in [2.45, 2.75) is 25.9 Å². The normalized spacial score (nSPS) is 11.9. The molecule has 0 aliphatic carbocycles. The molecule has 4 aromatic carbocycles. The summed E-state index contributed by atoms with van der Waals surface area (Å²) in [6, 6.07) is 25.0. The molecule has 0 bridgehead atoms. The summed E-state index contributed by atoms with van der Waals surface area (Å²) in [5.74, 6) is -1.19. The van der Waals surface area contributed by atoms with Crippen molar-refractivity contribution in [2.75, 3.05) is 17.2 Å². The van der Waals surface area contributed by atoms with E-state index in [0.29, 0.717) is 34.9 Å². The lowest BCUT2D eigenvalue weighted by Crippen LogP contribution is -2.22. The Hall–Kier alpha value is -4.59. The summed E-state index contributed by atoms with van der Waals surface area (Å²) in [5.41, 5.74) is 2.27. The van der Waals surface area contributed by atoms with Crippen LogP contribution in [0.25, 0.3) is 0 Å². The smallest absolute Gasteiger partial charge is 0.399 e. The summed E-state index contributed by atoms with van der Waals surface area (Å²) < 4.78 is 47.7. The maximum absolute atomic E-state index is 14.0. The third kappa shape index (κ3) is 7.04. The van der Waals surface area contributed by atoms with Gasteiger partial charge in [0.2, 0.25) is 0 Å². The van der Waals surface area contributed by atoms with Crippen LogP contribution in [0.15, 0.2) is 97.1 Å². The maximum atomic E-state index is 14.0. The molecule has 200 valence electrons. The van der Waals surface area contributed by atoms with E-state index in [4.69, 9.17) is 4.74 Å². The number of ether oxygens (including phenoxy) is 1.